The molecule has 1 atom stereocenters. The minimum absolute atomic E-state index is 0.685. The predicted octanol–water partition coefficient (Wildman–Crippen LogP) is 3.24. The van der Waals surface area contributed by atoms with Crippen LogP contribution in [0.1, 0.15) is 46.0 Å². The summed E-state index contributed by atoms with van der Waals surface area (Å²) < 4.78 is 3.15. The van der Waals surface area contributed by atoms with Gasteiger partial charge in [0.1, 0.15) is 0 Å². The Kier molecular flexibility index (Phi) is 7.88. The third kappa shape index (κ3) is 5.24. The highest BCUT2D eigenvalue weighted by atomic mass is 79.9. The Balaban J connectivity index is 3.21. The molecule has 0 radical (unpaired) electrons. The van der Waals surface area contributed by atoms with Gasteiger partial charge in [0.05, 0.1) is 0 Å². The molecule has 0 fully saturated rings. The summed E-state index contributed by atoms with van der Waals surface area (Å²) in [4.78, 5) is 0. The molecule has 0 aliphatic heterocycles. The van der Waals surface area contributed by atoms with Crippen LogP contribution in [0.4, 0.5) is 0 Å². The van der Waals surface area contributed by atoms with Gasteiger partial charge < -0.3 is 0 Å². The van der Waals surface area contributed by atoms with Crippen LogP contribution in [-0.2, 0) is 0 Å². The SMILES string of the molecule is CCCCC(CCC)NBr. The molecule has 1 N–H and O–H groups in total. The molecular weight excluding hydrogens is 190 g/mol. The van der Waals surface area contributed by atoms with Crippen molar-refractivity contribution >= 4 is 16.1 Å². The molecule has 2 heteroatoms. The van der Waals surface area contributed by atoms with E-state index in [0.29, 0.717) is 6.04 Å². The van der Waals surface area contributed by atoms with Crippen molar-refractivity contribution in [2.24, 2.45) is 0 Å². The molecule has 1 unspecified atom stereocenters. The van der Waals surface area contributed by atoms with E-state index in [4.69, 9.17) is 0 Å². The van der Waals surface area contributed by atoms with Gasteiger partial charge in [-0.1, -0.05) is 33.1 Å². The Morgan fingerprint density at radius 1 is 1.20 bits per heavy atom. The van der Waals surface area contributed by atoms with E-state index in [1.54, 1.807) is 0 Å². The molecule has 0 bridgehead atoms. The Bertz CT molecular complexity index is 66.3. The summed E-state index contributed by atoms with van der Waals surface area (Å²) in [5, 5.41) is 0. The fourth-order valence-corrected chi connectivity index (χ4v) is 1.51. The van der Waals surface area contributed by atoms with Crippen LogP contribution in [0.2, 0.25) is 0 Å². The van der Waals surface area contributed by atoms with Gasteiger partial charge in [0.2, 0.25) is 0 Å². The molecule has 0 heterocycles. The van der Waals surface area contributed by atoms with Gasteiger partial charge >= 0.3 is 0 Å². The standard InChI is InChI=1S/C8H18BrN/c1-3-5-7-8(10-9)6-4-2/h8,10H,3-7H2,1-2H3. The van der Waals surface area contributed by atoms with Crippen molar-refractivity contribution in [2.45, 2.75) is 52.0 Å². The molecule has 0 spiro atoms. The number of unbranched alkanes of at least 4 members (excludes halogenated alkanes) is 1. The van der Waals surface area contributed by atoms with E-state index in [-0.39, 0.29) is 0 Å². The van der Waals surface area contributed by atoms with Crippen LogP contribution in [-0.4, -0.2) is 6.04 Å². The van der Waals surface area contributed by atoms with Crippen LogP contribution in [0.25, 0.3) is 0 Å². The van der Waals surface area contributed by atoms with E-state index in [1.807, 2.05) is 0 Å². The van der Waals surface area contributed by atoms with E-state index >= 15 is 0 Å². The lowest BCUT2D eigenvalue weighted by Crippen LogP contribution is -2.19. The molecule has 0 saturated carbocycles. The zero-order valence-corrected chi connectivity index (χ0v) is 8.58. The maximum absolute atomic E-state index is 3.30. The first kappa shape index (κ1) is 10.4. The molecule has 0 aliphatic carbocycles. The van der Waals surface area contributed by atoms with E-state index < -0.39 is 0 Å². The van der Waals surface area contributed by atoms with E-state index in [9.17, 15) is 0 Å². The highest BCUT2D eigenvalue weighted by Gasteiger charge is 2.02. The quantitative estimate of drug-likeness (QED) is 0.660. The Hall–Kier alpha value is 0.440. The van der Waals surface area contributed by atoms with Crippen molar-refractivity contribution in [2.75, 3.05) is 0 Å². The lowest BCUT2D eigenvalue weighted by Gasteiger charge is -2.12. The normalized spacial score (nSPS) is 13.5. The second-order valence-corrected chi connectivity index (χ2v) is 3.19. The number of halogens is 1. The van der Waals surface area contributed by atoms with Gasteiger partial charge in [-0.3, -0.25) is 4.34 Å². The molecular formula is C8H18BrN. The molecule has 62 valence electrons. The van der Waals surface area contributed by atoms with E-state index in [2.05, 4.69) is 34.3 Å². The first-order valence-electron chi connectivity index (χ1n) is 4.21. The maximum atomic E-state index is 3.30. The minimum atomic E-state index is 0.685. The molecule has 0 aromatic carbocycles. The maximum Gasteiger partial charge on any atom is 0.0174 e. The van der Waals surface area contributed by atoms with Crippen molar-refractivity contribution in [3.8, 4) is 0 Å². The van der Waals surface area contributed by atoms with Gasteiger partial charge in [-0.15, -0.1) is 0 Å². The monoisotopic (exact) mass is 207 g/mol. The van der Waals surface area contributed by atoms with Crippen molar-refractivity contribution in [3.05, 3.63) is 0 Å². The molecule has 0 saturated heterocycles. The third-order valence-electron chi connectivity index (χ3n) is 1.70. The molecule has 0 amide bonds. The van der Waals surface area contributed by atoms with Gasteiger partial charge in [0.15, 0.2) is 0 Å². The van der Waals surface area contributed by atoms with Crippen LogP contribution in [0.15, 0.2) is 0 Å². The van der Waals surface area contributed by atoms with Crippen LogP contribution < -0.4 is 4.34 Å². The van der Waals surface area contributed by atoms with Crippen molar-refractivity contribution in [1.82, 2.24) is 4.34 Å². The molecule has 0 rings (SSSR count). The number of hydrogen-bond acceptors (Lipinski definition) is 1. The first-order valence-corrected chi connectivity index (χ1v) is 5.00. The van der Waals surface area contributed by atoms with E-state index in [0.717, 1.165) is 0 Å². The Morgan fingerprint density at radius 3 is 2.30 bits per heavy atom. The summed E-state index contributed by atoms with van der Waals surface area (Å²) >= 11 is 3.30. The summed E-state index contributed by atoms with van der Waals surface area (Å²) in [6.07, 6.45) is 6.49. The van der Waals surface area contributed by atoms with Crippen LogP contribution in [0.3, 0.4) is 0 Å². The number of rotatable bonds is 6. The molecule has 10 heavy (non-hydrogen) atoms. The summed E-state index contributed by atoms with van der Waals surface area (Å²) in [7, 11) is 0. The van der Waals surface area contributed by atoms with Crippen molar-refractivity contribution < 1.29 is 0 Å². The minimum Gasteiger partial charge on any atom is -0.253 e. The fourth-order valence-electron chi connectivity index (χ4n) is 1.05. The van der Waals surface area contributed by atoms with E-state index in [1.165, 1.54) is 32.1 Å². The Morgan fingerprint density at radius 2 is 1.90 bits per heavy atom. The highest BCUT2D eigenvalue weighted by molar-refractivity contribution is 9.08. The van der Waals surface area contributed by atoms with Crippen molar-refractivity contribution in [3.63, 3.8) is 0 Å². The zero-order chi connectivity index (χ0) is 7.82. The molecule has 0 aromatic heterocycles. The largest absolute Gasteiger partial charge is 0.253 e. The molecule has 0 aliphatic rings. The van der Waals surface area contributed by atoms with Gasteiger partial charge in [0.25, 0.3) is 0 Å². The second-order valence-electron chi connectivity index (χ2n) is 2.74. The fraction of sp³-hybridized carbons (Fsp3) is 1.00. The smallest absolute Gasteiger partial charge is 0.0174 e. The lowest BCUT2D eigenvalue weighted by molar-refractivity contribution is 0.514. The molecule has 1 nitrogen and oxygen atoms in total. The summed E-state index contributed by atoms with van der Waals surface area (Å²) in [6.45, 7) is 4.46. The van der Waals surface area contributed by atoms with Gasteiger partial charge in [0, 0.05) is 22.2 Å². The zero-order valence-electron chi connectivity index (χ0n) is 6.99. The Labute approximate surface area is 72.9 Å². The van der Waals surface area contributed by atoms with Gasteiger partial charge in [-0.2, -0.15) is 0 Å². The average Bonchev–Trinajstić information content (AvgIpc) is 1.98. The topological polar surface area (TPSA) is 12.0 Å². The second kappa shape index (κ2) is 7.55. The molecule has 0 aromatic rings. The summed E-state index contributed by atoms with van der Waals surface area (Å²) in [5.41, 5.74) is 0. The lowest BCUT2D eigenvalue weighted by atomic mass is 10.1. The number of hydrogen-bond donors (Lipinski definition) is 1. The van der Waals surface area contributed by atoms with Crippen LogP contribution in [0.5, 0.6) is 0 Å². The highest BCUT2D eigenvalue weighted by Crippen LogP contribution is 2.07. The average molecular weight is 208 g/mol. The van der Waals surface area contributed by atoms with Gasteiger partial charge in [-0.05, 0) is 12.8 Å². The van der Waals surface area contributed by atoms with Crippen molar-refractivity contribution in [1.29, 1.82) is 0 Å². The predicted molar refractivity (Wildman–Crippen MR) is 50.3 cm³/mol. The third-order valence-corrected chi connectivity index (χ3v) is 2.35. The first-order chi connectivity index (χ1) is 4.85. The van der Waals surface area contributed by atoms with Crippen LogP contribution in [0, 0.1) is 0 Å². The van der Waals surface area contributed by atoms with Gasteiger partial charge in [-0.25, -0.2) is 0 Å². The number of nitrogens with one attached hydrogen (secondary N) is 1. The summed E-state index contributed by atoms with van der Waals surface area (Å²) in [5.74, 6) is 0. The van der Waals surface area contributed by atoms with Crippen LogP contribution >= 0.6 is 16.1 Å². The summed E-state index contributed by atoms with van der Waals surface area (Å²) in [6, 6.07) is 0.685.